The van der Waals surface area contributed by atoms with Crippen LogP contribution in [0.25, 0.3) is 21.5 Å². The van der Waals surface area contributed by atoms with Crippen molar-refractivity contribution < 1.29 is 19.6 Å². The van der Waals surface area contributed by atoms with E-state index in [9.17, 15) is 0 Å². The van der Waals surface area contributed by atoms with E-state index >= 15 is 0 Å². The van der Waals surface area contributed by atoms with Gasteiger partial charge in [0.1, 0.15) is 0 Å². The van der Waals surface area contributed by atoms with Crippen LogP contribution in [-0.4, -0.2) is 13.2 Å². The summed E-state index contributed by atoms with van der Waals surface area (Å²) in [6.45, 7) is 5.42. The first-order valence-electron chi connectivity index (χ1n) is 10.5. The summed E-state index contributed by atoms with van der Waals surface area (Å²) in [5.74, 6) is 1.31. The number of hydrogen-bond acceptors (Lipinski definition) is 4. The van der Waals surface area contributed by atoms with Crippen LogP contribution in [0.3, 0.4) is 0 Å². The largest absolute Gasteiger partial charge is 0.336 e. The first-order chi connectivity index (χ1) is 14.3. The third kappa shape index (κ3) is 5.53. The number of rotatable bonds is 12. The smallest absolute Gasteiger partial charge is 0.181 e. The van der Waals surface area contributed by atoms with Crippen molar-refractivity contribution in [2.75, 3.05) is 13.2 Å². The molecule has 0 saturated carbocycles. The Morgan fingerprint density at radius 1 is 0.655 bits per heavy atom. The summed E-state index contributed by atoms with van der Waals surface area (Å²) in [5.41, 5.74) is 0. The molecule has 0 N–H and O–H groups in total. The molecule has 0 amide bonds. The van der Waals surface area contributed by atoms with Crippen LogP contribution in [0.15, 0.2) is 42.5 Å². The minimum absolute atomic E-state index is 0.545. The molecule has 0 unspecified atom stereocenters. The number of halogens is 1. The maximum absolute atomic E-state index is 6.29. The van der Waals surface area contributed by atoms with Crippen molar-refractivity contribution in [1.82, 2.24) is 0 Å². The summed E-state index contributed by atoms with van der Waals surface area (Å²) in [7, 11) is 0. The second kappa shape index (κ2) is 11.2. The van der Waals surface area contributed by atoms with Gasteiger partial charge in [-0.25, -0.2) is 0 Å². The van der Waals surface area contributed by atoms with Crippen LogP contribution in [0.5, 0.6) is 11.5 Å². The van der Waals surface area contributed by atoms with Crippen molar-refractivity contribution in [1.29, 1.82) is 0 Å². The summed E-state index contributed by atoms with van der Waals surface area (Å²) in [4.78, 5) is 22.6. The molecule has 0 saturated heterocycles. The number of benzene rings is 3. The molecule has 3 rings (SSSR count). The van der Waals surface area contributed by atoms with Crippen LogP contribution in [0, 0.1) is 0 Å². The van der Waals surface area contributed by atoms with Crippen LogP contribution in [0.4, 0.5) is 0 Å². The molecular formula is C24H29ClO4. The average molecular weight is 417 g/mol. The molecule has 3 aromatic rings. The first-order valence-corrected chi connectivity index (χ1v) is 10.9. The molecular weight excluding hydrogens is 388 g/mol. The molecule has 5 heteroatoms. The van der Waals surface area contributed by atoms with Gasteiger partial charge in [-0.3, -0.25) is 0 Å². The van der Waals surface area contributed by atoms with Crippen LogP contribution in [-0.2, 0) is 9.78 Å². The second-order valence-electron chi connectivity index (χ2n) is 7.12. The molecule has 156 valence electrons. The Hall–Kier alpha value is -2.01. The molecule has 0 aliphatic heterocycles. The summed E-state index contributed by atoms with van der Waals surface area (Å²) in [6, 6.07) is 13.6. The highest BCUT2D eigenvalue weighted by Crippen LogP contribution is 2.43. The highest BCUT2D eigenvalue weighted by molar-refractivity contribution is 6.31. The summed E-state index contributed by atoms with van der Waals surface area (Å²) >= 11 is 6.29. The van der Waals surface area contributed by atoms with Crippen molar-refractivity contribution in [3.05, 3.63) is 47.5 Å². The van der Waals surface area contributed by atoms with Gasteiger partial charge >= 0.3 is 0 Å². The third-order valence-corrected chi connectivity index (χ3v) is 5.07. The third-order valence-electron chi connectivity index (χ3n) is 4.83. The molecule has 0 aliphatic rings. The van der Waals surface area contributed by atoms with Gasteiger partial charge in [-0.1, -0.05) is 75.4 Å². The maximum Gasteiger partial charge on any atom is 0.181 e. The van der Waals surface area contributed by atoms with Gasteiger partial charge in [0, 0.05) is 26.6 Å². The minimum Gasteiger partial charge on any atom is -0.336 e. The summed E-state index contributed by atoms with van der Waals surface area (Å²) in [6.07, 6.45) is 6.42. The van der Waals surface area contributed by atoms with E-state index in [0.717, 1.165) is 60.1 Å². The van der Waals surface area contributed by atoms with Crippen LogP contribution < -0.4 is 9.78 Å². The topological polar surface area (TPSA) is 36.9 Å². The van der Waals surface area contributed by atoms with Crippen molar-refractivity contribution in [3.8, 4) is 11.5 Å². The molecule has 0 heterocycles. The van der Waals surface area contributed by atoms with E-state index in [-0.39, 0.29) is 0 Å². The molecule has 0 bridgehead atoms. The summed E-state index contributed by atoms with van der Waals surface area (Å²) < 4.78 is 0. The predicted octanol–water partition coefficient (Wildman–Crippen LogP) is 7.65. The highest BCUT2D eigenvalue weighted by Gasteiger charge is 2.18. The lowest BCUT2D eigenvalue weighted by Crippen LogP contribution is -2.03. The van der Waals surface area contributed by atoms with E-state index in [2.05, 4.69) is 13.8 Å². The Labute approximate surface area is 177 Å². The standard InChI is InChI=1S/C24H29ClO4/c1-3-5-9-15-26-28-23-19-11-7-8-12-20(19)24(29-27-16-10-6-4-2)22-17-18(25)13-14-21(22)23/h7-8,11-14,17H,3-6,9-10,15-16H2,1-2H3. The van der Waals surface area contributed by atoms with E-state index in [1.165, 1.54) is 0 Å². The van der Waals surface area contributed by atoms with Crippen LogP contribution in [0.2, 0.25) is 5.02 Å². The zero-order valence-corrected chi connectivity index (χ0v) is 18.0. The Kier molecular flexibility index (Phi) is 8.41. The zero-order valence-electron chi connectivity index (χ0n) is 17.2. The molecule has 0 aliphatic carbocycles. The van der Waals surface area contributed by atoms with Gasteiger partial charge in [0.25, 0.3) is 0 Å². The van der Waals surface area contributed by atoms with Crippen LogP contribution >= 0.6 is 11.6 Å². The van der Waals surface area contributed by atoms with Crippen molar-refractivity contribution in [2.24, 2.45) is 0 Å². The lowest BCUT2D eigenvalue weighted by molar-refractivity contribution is -0.206. The van der Waals surface area contributed by atoms with Gasteiger partial charge in [0.2, 0.25) is 0 Å². The Balaban J connectivity index is 1.96. The van der Waals surface area contributed by atoms with Crippen molar-refractivity contribution >= 4 is 33.1 Å². The fraction of sp³-hybridized carbons (Fsp3) is 0.417. The quantitative estimate of drug-likeness (QED) is 0.131. The molecule has 29 heavy (non-hydrogen) atoms. The molecule has 0 radical (unpaired) electrons. The molecule has 0 spiro atoms. The Bertz CT molecular complexity index is 926. The molecule has 3 aromatic carbocycles. The van der Waals surface area contributed by atoms with Gasteiger partial charge < -0.3 is 9.78 Å². The molecule has 0 fully saturated rings. The first kappa shape index (κ1) is 21.7. The van der Waals surface area contributed by atoms with Gasteiger partial charge in [0.15, 0.2) is 11.5 Å². The predicted molar refractivity (Wildman–Crippen MR) is 119 cm³/mol. The van der Waals surface area contributed by atoms with Gasteiger partial charge in [-0.15, -0.1) is 0 Å². The van der Waals surface area contributed by atoms with Gasteiger partial charge in [-0.2, -0.15) is 9.78 Å². The second-order valence-corrected chi connectivity index (χ2v) is 7.56. The molecule has 0 aromatic heterocycles. The van der Waals surface area contributed by atoms with E-state index in [4.69, 9.17) is 31.2 Å². The normalized spacial score (nSPS) is 11.3. The minimum atomic E-state index is 0.545. The van der Waals surface area contributed by atoms with Crippen molar-refractivity contribution in [2.45, 2.75) is 52.4 Å². The Morgan fingerprint density at radius 2 is 1.17 bits per heavy atom. The monoisotopic (exact) mass is 416 g/mol. The van der Waals surface area contributed by atoms with E-state index in [0.29, 0.717) is 29.7 Å². The highest BCUT2D eigenvalue weighted by atomic mass is 35.5. The Morgan fingerprint density at radius 3 is 1.72 bits per heavy atom. The lowest BCUT2D eigenvalue weighted by atomic mass is 10.0. The fourth-order valence-corrected chi connectivity index (χ4v) is 3.45. The van der Waals surface area contributed by atoms with E-state index in [1.807, 2.05) is 42.5 Å². The SMILES string of the molecule is CCCCCOOc1c2ccccc2c(OOCCCCC)c2cc(Cl)ccc12. The number of unbranched alkanes of at least 4 members (excludes halogenated alkanes) is 4. The fourth-order valence-electron chi connectivity index (χ4n) is 3.27. The van der Waals surface area contributed by atoms with Gasteiger partial charge in [-0.05, 0) is 31.0 Å². The van der Waals surface area contributed by atoms with Crippen LogP contribution in [0.1, 0.15) is 52.4 Å². The zero-order chi connectivity index (χ0) is 20.5. The van der Waals surface area contributed by atoms with E-state index in [1.54, 1.807) is 0 Å². The maximum atomic E-state index is 6.29. The molecule has 4 nitrogen and oxygen atoms in total. The number of hydrogen-bond donors (Lipinski definition) is 0. The summed E-state index contributed by atoms with van der Waals surface area (Å²) in [5, 5.41) is 4.13. The molecule has 0 atom stereocenters. The average Bonchev–Trinajstić information content (AvgIpc) is 2.74. The number of fused-ring (bicyclic) bond motifs is 2. The lowest BCUT2D eigenvalue weighted by Gasteiger charge is -2.16. The van der Waals surface area contributed by atoms with Gasteiger partial charge in [0.05, 0.1) is 13.2 Å². The van der Waals surface area contributed by atoms with Crippen molar-refractivity contribution in [3.63, 3.8) is 0 Å². The van der Waals surface area contributed by atoms with E-state index < -0.39 is 0 Å².